The molecule has 0 bridgehead atoms. The van der Waals surface area contributed by atoms with E-state index >= 15 is 0 Å². The van der Waals surface area contributed by atoms with Gasteiger partial charge in [-0.15, -0.1) is 0 Å². The summed E-state index contributed by atoms with van der Waals surface area (Å²) >= 11 is 0. The molecule has 1 atom stereocenters. The minimum atomic E-state index is -0.963. The van der Waals surface area contributed by atoms with Gasteiger partial charge in [-0.2, -0.15) is 0 Å². The maximum Gasteiger partial charge on any atom is 0.345 e. The third-order valence-corrected chi connectivity index (χ3v) is 4.18. The van der Waals surface area contributed by atoms with Crippen LogP contribution in [0.15, 0.2) is 78.9 Å². The van der Waals surface area contributed by atoms with Gasteiger partial charge in [-0.1, -0.05) is 66.7 Å². The Morgan fingerprint density at radius 1 is 0.880 bits per heavy atom. The number of hydrogen-bond acceptors (Lipinski definition) is 2. The van der Waals surface area contributed by atoms with Crippen LogP contribution in [0.2, 0.25) is 0 Å². The average Bonchev–Trinajstić information content (AvgIpc) is 2.64. The fraction of sp³-hybridized carbons (Fsp3) is 0.136. The fourth-order valence-corrected chi connectivity index (χ4v) is 2.74. The van der Waals surface area contributed by atoms with Gasteiger partial charge in [0.2, 0.25) is 0 Å². The number of aryl methyl sites for hydroxylation is 1. The normalized spacial score (nSPS) is 11.7. The molecule has 3 heteroatoms. The molecule has 25 heavy (non-hydrogen) atoms. The molecular formula is C22H20O3. The highest BCUT2D eigenvalue weighted by Crippen LogP contribution is 2.23. The molecule has 0 aliphatic rings. The van der Waals surface area contributed by atoms with Crippen molar-refractivity contribution in [3.63, 3.8) is 0 Å². The molecule has 0 radical (unpaired) electrons. The Hall–Kier alpha value is -3.07. The van der Waals surface area contributed by atoms with E-state index in [4.69, 9.17) is 4.74 Å². The van der Waals surface area contributed by atoms with E-state index in [1.54, 1.807) is 0 Å². The van der Waals surface area contributed by atoms with Crippen molar-refractivity contribution in [2.75, 3.05) is 0 Å². The summed E-state index contributed by atoms with van der Waals surface area (Å²) in [6.07, 6.45) is -0.578. The summed E-state index contributed by atoms with van der Waals surface area (Å²) in [5, 5.41) is 9.49. The zero-order valence-electron chi connectivity index (χ0n) is 14.1. The van der Waals surface area contributed by atoms with Crippen molar-refractivity contribution in [3.8, 4) is 16.9 Å². The monoisotopic (exact) mass is 332 g/mol. The molecule has 0 spiro atoms. The van der Waals surface area contributed by atoms with E-state index in [-0.39, 0.29) is 0 Å². The van der Waals surface area contributed by atoms with Crippen molar-refractivity contribution in [2.24, 2.45) is 0 Å². The Bertz CT molecular complexity index is 839. The number of ether oxygens (including phenoxy) is 1. The highest BCUT2D eigenvalue weighted by atomic mass is 16.5. The number of carboxylic acid groups (broad SMARTS) is 1. The second-order valence-corrected chi connectivity index (χ2v) is 5.97. The van der Waals surface area contributed by atoms with Crippen molar-refractivity contribution in [1.29, 1.82) is 0 Å². The third-order valence-electron chi connectivity index (χ3n) is 4.18. The van der Waals surface area contributed by atoms with Gasteiger partial charge in [0.1, 0.15) is 5.75 Å². The lowest BCUT2D eigenvalue weighted by molar-refractivity contribution is -0.145. The lowest BCUT2D eigenvalue weighted by Crippen LogP contribution is -2.29. The van der Waals surface area contributed by atoms with Crippen molar-refractivity contribution < 1.29 is 14.6 Å². The summed E-state index contributed by atoms with van der Waals surface area (Å²) in [5.41, 5.74) is 4.23. The van der Waals surface area contributed by atoms with Crippen LogP contribution in [-0.4, -0.2) is 17.2 Å². The maximum atomic E-state index is 11.6. The van der Waals surface area contributed by atoms with Crippen LogP contribution in [0, 0.1) is 6.92 Å². The van der Waals surface area contributed by atoms with Gasteiger partial charge in [0.15, 0.2) is 6.10 Å². The largest absolute Gasteiger partial charge is 0.478 e. The van der Waals surface area contributed by atoms with Crippen LogP contribution in [0.25, 0.3) is 11.1 Å². The molecule has 3 rings (SSSR count). The summed E-state index contributed by atoms with van der Waals surface area (Å²) < 4.78 is 5.73. The summed E-state index contributed by atoms with van der Waals surface area (Å²) in [7, 11) is 0. The molecule has 0 aliphatic carbocycles. The van der Waals surface area contributed by atoms with Crippen LogP contribution in [0.4, 0.5) is 0 Å². The number of rotatable bonds is 6. The van der Waals surface area contributed by atoms with E-state index in [9.17, 15) is 9.90 Å². The number of carbonyl (C=O) groups is 1. The molecule has 0 saturated heterocycles. The Morgan fingerprint density at radius 2 is 1.48 bits per heavy atom. The van der Waals surface area contributed by atoms with Crippen LogP contribution in [0.3, 0.4) is 0 Å². The molecule has 3 aromatic carbocycles. The molecular weight excluding hydrogens is 312 g/mol. The zero-order chi connectivity index (χ0) is 17.6. The molecule has 0 amide bonds. The topological polar surface area (TPSA) is 46.5 Å². The van der Waals surface area contributed by atoms with Crippen LogP contribution in [-0.2, 0) is 11.2 Å². The molecule has 126 valence electrons. The number of carboxylic acids is 1. The third kappa shape index (κ3) is 4.27. The lowest BCUT2D eigenvalue weighted by Gasteiger charge is -2.16. The quantitative estimate of drug-likeness (QED) is 0.709. The van der Waals surface area contributed by atoms with Gasteiger partial charge in [0.25, 0.3) is 0 Å². The van der Waals surface area contributed by atoms with E-state index in [0.29, 0.717) is 12.2 Å². The summed E-state index contributed by atoms with van der Waals surface area (Å²) in [5.74, 6) is -0.406. The van der Waals surface area contributed by atoms with Crippen molar-refractivity contribution in [2.45, 2.75) is 19.4 Å². The number of aliphatic carboxylic acids is 1. The molecule has 0 heterocycles. The predicted octanol–water partition coefficient (Wildman–Crippen LogP) is 4.74. The number of benzene rings is 3. The molecule has 0 aromatic heterocycles. The van der Waals surface area contributed by atoms with Gasteiger partial charge < -0.3 is 9.84 Å². The first-order chi connectivity index (χ1) is 12.1. The molecule has 0 aliphatic heterocycles. The lowest BCUT2D eigenvalue weighted by atomic mass is 10.0. The summed E-state index contributed by atoms with van der Waals surface area (Å²) in [4.78, 5) is 11.6. The maximum absolute atomic E-state index is 11.6. The molecule has 3 nitrogen and oxygen atoms in total. The highest BCUT2D eigenvalue weighted by Gasteiger charge is 2.20. The van der Waals surface area contributed by atoms with E-state index in [2.05, 4.69) is 0 Å². The Labute approximate surface area is 147 Å². The SMILES string of the molecule is Cc1ccccc1CC(Oc1ccc(-c2ccccc2)cc1)C(=O)O. The standard InChI is InChI=1S/C22H20O3/c1-16-7-5-6-10-19(16)15-21(22(23)24)25-20-13-11-18(12-14-20)17-8-3-2-4-9-17/h2-14,21H,15H2,1H3,(H,23,24). The second-order valence-electron chi connectivity index (χ2n) is 5.97. The van der Waals surface area contributed by atoms with E-state index < -0.39 is 12.1 Å². The van der Waals surface area contributed by atoms with Crippen LogP contribution in [0.5, 0.6) is 5.75 Å². The Kier molecular flexibility index (Phi) is 5.14. The summed E-state index contributed by atoms with van der Waals surface area (Å²) in [6, 6.07) is 25.3. The van der Waals surface area contributed by atoms with Crippen molar-refractivity contribution in [3.05, 3.63) is 90.0 Å². The second kappa shape index (κ2) is 7.67. The first kappa shape index (κ1) is 16.8. The van der Waals surface area contributed by atoms with Crippen LogP contribution in [0.1, 0.15) is 11.1 Å². The molecule has 3 aromatic rings. The molecule has 0 saturated carbocycles. The minimum Gasteiger partial charge on any atom is -0.478 e. The minimum absolute atomic E-state index is 0.336. The highest BCUT2D eigenvalue weighted by molar-refractivity contribution is 5.73. The fourth-order valence-electron chi connectivity index (χ4n) is 2.74. The Balaban J connectivity index is 1.74. The zero-order valence-corrected chi connectivity index (χ0v) is 14.1. The van der Waals surface area contributed by atoms with Gasteiger partial charge in [-0.05, 0) is 41.3 Å². The van der Waals surface area contributed by atoms with E-state index in [1.165, 1.54) is 0 Å². The first-order valence-corrected chi connectivity index (χ1v) is 8.23. The predicted molar refractivity (Wildman–Crippen MR) is 98.8 cm³/mol. The van der Waals surface area contributed by atoms with Crippen molar-refractivity contribution in [1.82, 2.24) is 0 Å². The average molecular weight is 332 g/mol. The van der Waals surface area contributed by atoms with Crippen LogP contribution < -0.4 is 4.74 Å². The van der Waals surface area contributed by atoms with E-state index in [1.807, 2.05) is 85.8 Å². The van der Waals surface area contributed by atoms with Gasteiger partial charge in [-0.3, -0.25) is 0 Å². The smallest absolute Gasteiger partial charge is 0.345 e. The van der Waals surface area contributed by atoms with Gasteiger partial charge in [-0.25, -0.2) is 4.79 Å². The van der Waals surface area contributed by atoms with Gasteiger partial charge >= 0.3 is 5.97 Å². The van der Waals surface area contributed by atoms with E-state index in [0.717, 1.165) is 22.3 Å². The molecule has 1 N–H and O–H groups in total. The van der Waals surface area contributed by atoms with Crippen LogP contribution >= 0.6 is 0 Å². The van der Waals surface area contributed by atoms with Crippen molar-refractivity contribution >= 4 is 5.97 Å². The Morgan fingerprint density at radius 3 is 2.12 bits per heavy atom. The molecule has 0 fully saturated rings. The summed E-state index contributed by atoms with van der Waals surface area (Å²) in [6.45, 7) is 1.98. The number of hydrogen-bond donors (Lipinski definition) is 1. The van der Waals surface area contributed by atoms with Gasteiger partial charge in [0, 0.05) is 6.42 Å². The molecule has 1 unspecified atom stereocenters. The van der Waals surface area contributed by atoms with Gasteiger partial charge in [0.05, 0.1) is 0 Å². The first-order valence-electron chi connectivity index (χ1n) is 8.23.